The van der Waals surface area contributed by atoms with E-state index in [0.29, 0.717) is 11.4 Å². The number of aromatic nitrogens is 1. The molecule has 5 nitrogen and oxygen atoms in total. The van der Waals surface area contributed by atoms with Crippen molar-refractivity contribution in [3.8, 4) is 0 Å². The Hall–Kier alpha value is -1.27. The Morgan fingerprint density at radius 2 is 2.47 bits per heavy atom. The minimum absolute atomic E-state index is 0.181. The first-order valence-electron chi connectivity index (χ1n) is 4.93. The highest BCUT2D eigenvalue weighted by Crippen LogP contribution is 2.23. The third-order valence-corrected chi connectivity index (χ3v) is 3.52. The van der Waals surface area contributed by atoms with E-state index in [1.165, 1.54) is 0 Å². The van der Waals surface area contributed by atoms with Crippen molar-refractivity contribution in [2.24, 2.45) is 0 Å². The molecule has 17 heavy (non-hydrogen) atoms. The third kappa shape index (κ3) is 2.70. The van der Waals surface area contributed by atoms with Gasteiger partial charge in [-0.15, -0.1) is 0 Å². The predicted octanol–water partition coefficient (Wildman–Crippen LogP) is 1.81. The highest BCUT2D eigenvalue weighted by Gasteiger charge is 2.28. The molecule has 90 valence electrons. The Labute approximate surface area is 107 Å². The standard InChI is InChI=1S/C10H10ClN3O2S/c1-5-2-3-12-8(11)7(5)14-9(15)6-4-17-10(16)13-6/h2-3,6H,4H2,1H3,(H,13,16)(H,14,15). The second-order valence-electron chi connectivity index (χ2n) is 3.58. The number of nitrogens with one attached hydrogen (secondary N) is 2. The number of rotatable bonds is 2. The van der Waals surface area contributed by atoms with E-state index in [1.807, 2.05) is 6.92 Å². The van der Waals surface area contributed by atoms with Gasteiger partial charge in [0.1, 0.15) is 6.04 Å². The summed E-state index contributed by atoms with van der Waals surface area (Å²) in [5.41, 5.74) is 1.32. The average Bonchev–Trinajstić information content (AvgIpc) is 2.70. The highest BCUT2D eigenvalue weighted by atomic mass is 35.5. The van der Waals surface area contributed by atoms with Gasteiger partial charge in [0.15, 0.2) is 5.15 Å². The quantitative estimate of drug-likeness (QED) is 0.805. The van der Waals surface area contributed by atoms with Gasteiger partial charge in [0, 0.05) is 11.9 Å². The van der Waals surface area contributed by atoms with Gasteiger partial charge in [-0.2, -0.15) is 0 Å². The zero-order valence-electron chi connectivity index (χ0n) is 8.99. The lowest BCUT2D eigenvalue weighted by molar-refractivity contribution is -0.117. The van der Waals surface area contributed by atoms with Crippen LogP contribution in [-0.2, 0) is 4.79 Å². The van der Waals surface area contributed by atoms with Crippen LogP contribution in [0, 0.1) is 6.92 Å². The van der Waals surface area contributed by atoms with E-state index in [4.69, 9.17) is 11.6 Å². The molecule has 2 heterocycles. The van der Waals surface area contributed by atoms with Crippen molar-refractivity contribution < 1.29 is 9.59 Å². The van der Waals surface area contributed by atoms with Gasteiger partial charge in [-0.25, -0.2) is 4.98 Å². The fraction of sp³-hybridized carbons (Fsp3) is 0.300. The van der Waals surface area contributed by atoms with Crippen LogP contribution in [0.1, 0.15) is 5.56 Å². The van der Waals surface area contributed by atoms with Gasteiger partial charge in [0.05, 0.1) is 5.69 Å². The number of carbonyl (C=O) groups is 2. The molecule has 2 N–H and O–H groups in total. The molecule has 1 fully saturated rings. The molecule has 0 spiro atoms. The molecule has 1 saturated heterocycles. The second-order valence-corrected chi connectivity index (χ2v) is 4.93. The van der Waals surface area contributed by atoms with Crippen LogP contribution in [0.4, 0.5) is 10.5 Å². The van der Waals surface area contributed by atoms with Crippen LogP contribution in [0.15, 0.2) is 12.3 Å². The molecule has 1 aliphatic heterocycles. The fourth-order valence-corrected chi connectivity index (χ4v) is 2.44. The normalized spacial score (nSPS) is 18.9. The maximum Gasteiger partial charge on any atom is 0.279 e. The zero-order valence-corrected chi connectivity index (χ0v) is 10.6. The summed E-state index contributed by atoms with van der Waals surface area (Å²) in [4.78, 5) is 26.7. The number of amides is 2. The summed E-state index contributed by atoms with van der Waals surface area (Å²) in [6.07, 6.45) is 1.57. The van der Waals surface area contributed by atoms with Crippen molar-refractivity contribution in [1.29, 1.82) is 0 Å². The molecule has 0 radical (unpaired) electrons. The number of aryl methyl sites for hydroxylation is 1. The molecule has 0 aliphatic carbocycles. The molecule has 1 aromatic rings. The van der Waals surface area contributed by atoms with E-state index in [2.05, 4.69) is 15.6 Å². The molecular formula is C10H10ClN3O2S. The Balaban J connectivity index is 2.11. The summed E-state index contributed by atoms with van der Waals surface area (Å²) in [6, 6.07) is 1.24. The molecule has 2 amide bonds. The van der Waals surface area contributed by atoms with Crippen LogP contribution < -0.4 is 10.6 Å². The minimum Gasteiger partial charge on any atom is -0.334 e. The molecule has 2 rings (SSSR count). The number of carbonyl (C=O) groups excluding carboxylic acids is 2. The first-order chi connectivity index (χ1) is 8.08. The van der Waals surface area contributed by atoms with Gasteiger partial charge in [0.25, 0.3) is 5.24 Å². The second kappa shape index (κ2) is 4.93. The van der Waals surface area contributed by atoms with Gasteiger partial charge in [0.2, 0.25) is 5.91 Å². The maximum absolute atomic E-state index is 11.8. The zero-order chi connectivity index (χ0) is 12.4. The van der Waals surface area contributed by atoms with E-state index < -0.39 is 6.04 Å². The number of hydrogen-bond acceptors (Lipinski definition) is 4. The number of nitrogens with zero attached hydrogens (tertiary/aromatic N) is 1. The van der Waals surface area contributed by atoms with Crippen molar-refractivity contribution in [1.82, 2.24) is 10.3 Å². The number of pyridine rings is 1. The van der Waals surface area contributed by atoms with Gasteiger partial charge >= 0.3 is 0 Å². The summed E-state index contributed by atoms with van der Waals surface area (Å²) < 4.78 is 0. The van der Waals surface area contributed by atoms with Crippen molar-refractivity contribution in [2.75, 3.05) is 11.1 Å². The lowest BCUT2D eigenvalue weighted by Crippen LogP contribution is -2.38. The molecule has 1 aliphatic rings. The van der Waals surface area contributed by atoms with E-state index in [1.54, 1.807) is 12.3 Å². The van der Waals surface area contributed by atoms with E-state index in [0.717, 1.165) is 17.3 Å². The lowest BCUT2D eigenvalue weighted by Gasteiger charge is -2.12. The van der Waals surface area contributed by atoms with Crippen LogP contribution in [0.2, 0.25) is 5.15 Å². The van der Waals surface area contributed by atoms with Gasteiger partial charge in [-0.1, -0.05) is 23.4 Å². The van der Waals surface area contributed by atoms with Crippen molar-refractivity contribution in [3.05, 3.63) is 23.0 Å². The van der Waals surface area contributed by atoms with Crippen molar-refractivity contribution in [3.63, 3.8) is 0 Å². The highest BCUT2D eigenvalue weighted by molar-refractivity contribution is 8.14. The van der Waals surface area contributed by atoms with Gasteiger partial charge in [-0.05, 0) is 18.6 Å². The van der Waals surface area contributed by atoms with Crippen molar-refractivity contribution in [2.45, 2.75) is 13.0 Å². The van der Waals surface area contributed by atoms with Crippen LogP contribution in [0.3, 0.4) is 0 Å². The lowest BCUT2D eigenvalue weighted by atomic mass is 10.2. The number of hydrogen-bond donors (Lipinski definition) is 2. The van der Waals surface area contributed by atoms with E-state index >= 15 is 0 Å². The molecule has 1 unspecified atom stereocenters. The number of anilines is 1. The summed E-state index contributed by atoms with van der Waals surface area (Å²) in [5.74, 6) is 0.156. The monoisotopic (exact) mass is 271 g/mol. The molecule has 7 heteroatoms. The van der Waals surface area contributed by atoms with Gasteiger partial charge in [-0.3, -0.25) is 9.59 Å². The molecule has 1 aromatic heterocycles. The first-order valence-corrected chi connectivity index (χ1v) is 6.29. The fourth-order valence-electron chi connectivity index (χ4n) is 1.41. The first kappa shape index (κ1) is 12.2. The largest absolute Gasteiger partial charge is 0.334 e. The summed E-state index contributed by atoms with van der Waals surface area (Å²) in [7, 11) is 0. The van der Waals surface area contributed by atoms with Crippen LogP contribution in [0.25, 0.3) is 0 Å². The summed E-state index contributed by atoms with van der Waals surface area (Å²) in [6.45, 7) is 1.82. The smallest absolute Gasteiger partial charge is 0.279 e. The van der Waals surface area contributed by atoms with Crippen molar-refractivity contribution >= 4 is 40.2 Å². The van der Waals surface area contributed by atoms with Gasteiger partial charge < -0.3 is 10.6 Å². The topological polar surface area (TPSA) is 71.1 Å². The molecule has 0 saturated carbocycles. The minimum atomic E-state index is -0.511. The van der Waals surface area contributed by atoms with E-state index in [9.17, 15) is 9.59 Å². The van der Waals surface area contributed by atoms with Crippen LogP contribution in [0.5, 0.6) is 0 Å². The molecular weight excluding hydrogens is 262 g/mol. The Morgan fingerprint density at radius 1 is 1.71 bits per heavy atom. The van der Waals surface area contributed by atoms with Crippen LogP contribution in [-0.4, -0.2) is 27.9 Å². The molecule has 1 atom stereocenters. The molecule has 0 aromatic carbocycles. The summed E-state index contributed by atoms with van der Waals surface area (Å²) in [5, 5.41) is 5.31. The SMILES string of the molecule is Cc1ccnc(Cl)c1NC(=O)C1CSC(=O)N1. The third-order valence-electron chi connectivity index (χ3n) is 2.35. The molecule has 0 bridgehead atoms. The Kier molecular flexibility index (Phi) is 3.54. The average molecular weight is 272 g/mol. The number of thioether (sulfide) groups is 1. The number of halogens is 1. The maximum atomic E-state index is 11.8. The Morgan fingerprint density at radius 3 is 3.06 bits per heavy atom. The predicted molar refractivity (Wildman–Crippen MR) is 67.4 cm³/mol. The summed E-state index contributed by atoms with van der Waals surface area (Å²) >= 11 is 6.98. The van der Waals surface area contributed by atoms with E-state index in [-0.39, 0.29) is 16.3 Å². The van der Waals surface area contributed by atoms with Crippen LogP contribution >= 0.6 is 23.4 Å². The Bertz CT molecular complexity index is 460.